The lowest BCUT2D eigenvalue weighted by atomic mass is 9.47. The fraction of sp³-hybridized carbons (Fsp3) is 0.880. The van der Waals surface area contributed by atoms with Gasteiger partial charge in [0.1, 0.15) is 5.78 Å². The zero-order chi connectivity index (χ0) is 19.8. The molecule has 4 rings (SSSR count). The molecule has 4 aliphatic carbocycles. The first-order chi connectivity index (χ1) is 13.5. The molecule has 0 amide bonds. The number of Topliss-reactive ketones (excluding diaryl/α,β-unsaturated/α-hetero) is 1. The molecule has 0 aromatic heterocycles. The van der Waals surface area contributed by atoms with Gasteiger partial charge in [0.25, 0.3) is 0 Å². The van der Waals surface area contributed by atoms with Crippen molar-refractivity contribution in [3.8, 4) is 0 Å². The first kappa shape index (κ1) is 20.6. The highest BCUT2D eigenvalue weighted by Gasteiger charge is 2.58. The van der Waals surface area contributed by atoms with E-state index in [1.165, 1.54) is 51.4 Å². The molecule has 3 saturated carbocycles. The van der Waals surface area contributed by atoms with Crippen LogP contribution in [0.1, 0.15) is 78.1 Å². The van der Waals surface area contributed by atoms with Crippen molar-refractivity contribution in [1.82, 2.24) is 10.6 Å². The largest absolute Gasteiger partial charge is 0.318 e. The van der Waals surface area contributed by atoms with Gasteiger partial charge in [-0.1, -0.05) is 25.5 Å². The van der Waals surface area contributed by atoms with Crippen LogP contribution in [0.4, 0.5) is 0 Å². The molecule has 0 aromatic carbocycles. The van der Waals surface area contributed by atoms with Gasteiger partial charge in [-0.2, -0.15) is 0 Å². The number of ketones is 1. The molecule has 3 nitrogen and oxygen atoms in total. The summed E-state index contributed by atoms with van der Waals surface area (Å²) >= 11 is 0. The SMILES string of the molecule is CNCCNCCCC1C=C2CCC3C4CCC(=O)C4(C)CCC3C2(C)CC1. The van der Waals surface area contributed by atoms with E-state index in [1.807, 2.05) is 7.05 Å². The molecular weight excluding hydrogens is 344 g/mol. The van der Waals surface area contributed by atoms with Crippen LogP contribution in [0.2, 0.25) is 0 Å². The minimum atomic E-state index is 0.0240. The van der Waals surface area contributed by atoms with Crippen LogP contribution in [0, 0.1) is 34.5 Å². The summed E-state index contributed by atoms with van der Waals surface area (Å²) < 4.78 is 0. The number of likely N-dealkylation sites (N-methyl/N-ethyl adjacent to an activating group) is 1. The summed E-state index contributed by atoms with van der Waals surface area (Å²) in [5, 5.41) is 6.74. The van der Waals surface area contributed by atoms with E-state index in [9.17, 15) is 4.79 Å². The van der Waals surface area contributed by atoms with Gasteiger partial charge in [0.15, 0.2) is 0 Å². The maximum absolute atomic E-state index is 12.6. The van der Waals surface area contributed by atoms with Gasteiger partial charge in [0.2, 0.25) is 0 Å². The van der Waals surface area contributed by atoms with Crippen molar-refractivity contribution in [2.24, 2.45) is 34.5 Å². The zero-order valence-corrected chi connectivity index (χ0v) is 18.5. The summed E-state index contributed by atoms with van der Waals surface area (Å²) in [6, 6.07) is 0. The monoisotopic (exact) mass is 386 g/mol. The Morgan fingerprint density at radius 1 is 0.964 bits per heavy atom. The summed E-state index contributed by atoms with van der Waals surface area (Å²) in [6.45, 7) is 8.17. The third kappa shape index (κ3) is 3.51. The van der Waals surface area contributed by atoms with Gasteiger partial charge in [-0.25, -0.2) is 0 Å². The number of fused-ring (bicyclic) bond motifs is 5. The van der Waals surface area contributed by atoms with Crippen molar-refractivity contribution in [2.75, 3.05) is 26.7 Å². The number of hydrogen-bond donors (Lipinski definition) is 2. The molecule has 158 valence electrons. The van der Waals surface area contributed by atoms with Gasteiger partial charge in [0.05, 0.1) is 0 Å². The molecule has 6 atom stereocenters. The highest BCUT2D eigenvalue weighted by atomic mass is 16.1. The second-order valence-corrected chi connectivity index (χ2v) is 10.7. The molecule has 0 radical (unpaired) electrons. The highest BCUT2D eigenvalue weighted by molar-refractivity contribution is 5.87. The van der Waals surface area contributed by atoms with Gasteiger partial charge in [-0.3, -0.25) is 4.79 Å². The van der Waals surface area contributed by atoms with E-state index in [0.717, 1.165) is 50.2 Å². The molecule has 2 N–H and O–H groups in total. The number of carbonyl (C=O) groups excluding carboxylic acids is 1. The van der Waals surface area contributed by atoms with Crippen LogP contribution in [-0.4, -0.2) is 32.5 Å². The Labute approximate surface area is 172 Å². The molecule has 3 heteroatoms. The quantitative estimate of drug-likeness (QED) is 0.491. The van der Waals surface area contributed by atoms with E-state index >= 15 is 0 Å². The second kappa shape index (κ2) is 8.22. The smallest absolute Gasteiger partial charge is 0.139 e. The molecule has 0 bridgehead atoms. The lowest BCUT2D eigenvalue weighted by Gasteiger charge is -2.57. The van der Waals surface area contributed by atoms with Gasteiger partial charge < -0.3 is 10.6 Å². The van der Waals surface area contributed by atoms with Crippen LogP contribution in [0.5, 0.6) is 0 Å². The fourth-order valence-corrected chi connectivity index (χ4v) is 7.63. The summed E-state index contributed by atoms with van der Waals surface area (Å²) in [5.41, 5.74) is 2.24. The Kier molecular flexibility index (Phi) is 6.05. The Balaban J connectivity index is 1.38. The van der Waals surface area contributed by atoms with Gasteiger partial charge in [-0.15, -0.1) is 0 Å². The van der Waals surface area contributed by atoms with Crippen molar-refractivity contribution < 1.29 is 4.79 Å². The van der Waals surface area contributed by atoms with Crippen LogP contribution in [0.15, 0.2) is 11.6 Å². The van der Waals surface area contributed by atoms with Crippen LogP contribution in [0.25, 0.3) is 0 Å². The molecule has 0 heterocycles. The van der Waals surface area contributed by atoms with Gasteiger partial charge >= 0.3 is 0 Å². The maximum atomic E-state index is 12.6. The Bertz CT molecular complexity index is 614. The summed E-state index contributed by atoms with van der Waals surface area (Å²) in [7, 11) is 2.01. The molecule has 0 aliphatic heterocycles. The molecule has 4 aliphatic rings. The number of hydrogen-bond acceptors (Lipinski definition) is 3. The maximum Gasteiger partial charge on any atom is 0.139 e. The van der Waals surface area contributed by atoms with E-state index in [2.05, 4.69) is 30.6 Å². The molecular formula is C25H42N2O. The van der Waals surface area contributed by atoms with Crippen molar-refractivity contribution >= 4 is 5.78 Å². The van der Waals surface area contributed by atoms with E-state index < -0.39 is 0 Å². The number of allylic oxidation sites excluding steroid dienone is 2. The number of rotatable bonds is 7. The summed E-state index contributed by atoms with van der Waals surface area (Å²) in [5.74, 6) is 3.70. The van der Waals surface area contributed by atoms with Crippen molar-refractivity contribution in [3.63, 3.8) is 0 Å². The van der Waals surface area contributed by atoms with Gasteiger partial charge in [-0.05, 0) is 100 Å². The topological polar surface area (TPSA) is 41.1 Å². The van der Waals surface area contributed by atoms with Crippen molar-refractivity contribution in [2.45, 2.75) is 78.1 Å². The van der Waals surface area contributed by atoms with Gasteiger partial charge in [0, 0.05) is 24.9 Å². The summed E-state index contributed by atoms with van der Waals surface area (Å²) in [6.07, 6.45) is 15.2. The molecule has 0 aromatic rings. The highest BCUT2D eigenvalue weighted by Crippen LogP contribution is 2.64. The van der Waals surface area contributed by atoms with Crippen LogP contribution >= 0.6 is 0 Å². The first-order valence-corrected chi connectivity index (χ1v) is 12.1. The van der Waals surface area contributed by atoms with Crippen molar-refractivity contribution in [3.05, 3.63) is 11.6 Å². The predicted molar refractivity (Wildman–Crippen MR) is 116 cm³/mol. The minimum Gasteiger partial charge on any atom is -0.318 e. The molecule has 0 saturated heterocycles. The van der Waals surface area contributed by atoms with E-state index in [-0.39, 0.29) is 5.41 Å². The third-order valence-electron chi connectivity index (χ3n) is 9.40. The number of carbonyl (C=O) groups is 1. The average molecular weight is 387 g/mol. The Morgan fingerprint density at radius 3 is 2.57 bits per heavy atom. The predicted octanol–water partition coefficient (Wildman–Crippen LogP) is 4.72. The Morgan fingerprint density at radius 2 is 1.75 bits per heavy atom. The molecule has 3 fully saturated rings. The lowest BCUT2D eigenvalue weighted by molar-refractivity contribution is -0.132. The fourth-order valence-electron chi connectivity index (χ4n) is 7.63. The van der Waals surface area contributed by atoms with Crippen LogP contribution < -0.4 is 10.6 Å². The molecule has 6 unspecified atom stereocenters. The lowest BCUT2D eigenvalue weighted by Crippen LogP contribution is -2.50. The first-order valence-electron chi connectivity index (χ1n) is 12.1. The zero-order valence-electron chi connectivity index (χ0n) is 18.5. The van der Waals surface area contributed by atoms with E-state index in [1.54, 1.807) is 5.57 Å². The van der Waals surface area contributed by atoms with E-state index in [0.29, 0.717) is 17.1 Å². The minimum absolute atomic E-state index is 0.0240. The molecule has 0 spiro atoms. The Hall–Kier alpha value is -0.670. The normalized spacial score (nSPS) is 42.5. The number of nitrogens with one attached hydrogen (secondary N) is 2. The van der Waals surface area contributed by atoms with Crippen LogP contribution in [0.3, 0.4) is 0 Å². The second-order valence-electron chi connectivity index (χ2n) is 10.7. The van der Waals surface area contributed by atoms with Crippen LogP contribution in [-0.2, 0) is 4.79 Å². The standard InChI is InChI=1S/C25H42N2O/c1-24-12-10-18(5-4-14-27-16-15-26-3)17-19(24)6-7-20-21-8-9-23(28)25(21,2)13-11-22(20)24/h17-18,20-22,26-27H,4-16H2,1-3H3. The third-order valence-corrected chi connectivity index (χ3v) is 9.40. The molecule has 28 heavy (non-hydrogen) atoms. The van der Waals surface area contributed by atoms with E-state index in [4.69, 9.17) is 0 Å². The average Bonchev–Trinajstić information content (AvgIpc) is 2.99. The van der Waals surface area contributed by atoms with Crippen molar-refractivity contribution in [1.29, 1.82) is 0 Å². The summed E-state index contributed by atoms with van der Waals surface area (Å²) in [4.78, 5) is 12.6.